The number of halogens is 1. The monoisotopic (exact) mass is 336 g/mol. The lowest BCUT2D eigenvalue weighted by atomic mass is 9.73. The highest BCUT2D eigenvalue weighted by molar-refractivity contribution is 6.30. The molecular formula is C18H25ClN2O2. The van der Waals surface area contributed by atoms with Gasteiger partial charge in [0.25, 0.3) is 0 Å². The van der Waals surface area contributed by atoms with Crippen molar-refractivity contribution >= 4 is 17.5 Å². The number of hydrogen-bond acceptors (Lipinski definition) is 3. The second kappa shape index (κ2) is 5.76. The summed E-state index contributed by atoms with van der Waals surface area (Å²) in [5.41, 5.74) is 5.82. The fourth-order valence-electron chi connectivity index (χ4n) is 3.72. The molecule has 1 saturated heterocycles. The minimum absolute atomic E-state index is 0.00410. The second-order valence-corrected chi connectivity index (χ2v) is 7.86. The molecule has 1 spiro atoms. The Hall–Kier alpha value is -1.10. The lowest BCUT2D eigenvalue weighted by Crippen LogP contribution is -2.57. The van der Waals surface area contributed by atoms with Gasteiger partial charge in [-0.15, -0.1) is 0 Å². The van der Waals surface area contributed by atoms with Crippen LogP contribution in [0.3, 0.4) is 0 Å². The molecule has 3 rings (SSSR count). The van der Waals surface area contributed by atoms with E-state index in [1.54, 1.807) is 0 Å². The number of nitrogens with two attached hydrogens (primary N) is 1. The molecule has 0 radical (unpaired) electrons. The Bertz CT molecular complexity index is 598. The van der Waals surface area contributed by atoms with E-state index in [0.29, 0.717) is 24.5 Å². The van der Waals surface area contributed by atoms with E-state index in [0.717, 1.165) is 18.4 Å². The first-order valence-corrected chi connectivity index (χ1v) is 8.70. The number of likely N-dealkylation sites (tertiary alicyclic amines) is 1. The first kappa shape index (κ1) is 16.7. The van der Waals surface area contributed by atoms with E-state index >= 15 is 0 Å². The molecule has 2 aliphatic rings. The molecule has 1 saturated carbocycles. The van der Waals surface area contributed by atoms with Crippen molar-refractivity contribution in [3.05, 3.63) is 34.9 Å². The highest BCUT2D eigenvalue weighted by atomic mass is 35.5. The fourth-order valence-corrected chi connectivity index (χ4v) is 3.85. The van der Waals surface area contributed by atoms with E-state index in [1.165, 1.54) is 0 Å². The summed E-state index contributed by atoms with van der Waals surface area (Å²) in [6.45, 7) is 5.05. The maximum atomic E-state index is 12.5. The molecule has 1 aromatic rings. The largest absolute Gasteiger partial charge is 0.384 e. The van der Waals surface area contributed by atoms with Crippen LogP contribution < -0.4 is 5.73 Å². The average Bonchev–Trinajstić information content (AvgIpc) is 3.30. The molecule has 1 unspecified atom stereocenters. The zero-order valence-corrected chi connectivity index (χ0v) is 14.5. The van der Waals surface area contributed by atoms with Crippen molar-refractivity contribution in [2.24, 2.45) is 17.1 Å². The highest BCUT2D eigenvalue weighted by Crippen LogP contribution is 2.62. The van der Waals surface area contributed by atoms with Crippen LogP contribution in [0.4, 0.5) is 0 Å². The zero-order chi connectivity index (χ0) is 16.8. The summed E-state index contributed by atoms with van der Waals surface area (Å²) < 4.78 is 0. The van der Waals surface area contributed by atoms with Gasteiger partial charge >= 0.3 is 0 Å². The van der Waals surface area contributed by atoms with E-state index in [-0.39, 0.29) is 17.2 Å². The van der Waals surface area contributed by atoms with Crippen LogP contribution >= 0.6 is 11.6 Å². The molecule has 0 bridgehead atoms. The normalized spacial score (nSPS) is 27.3. The van der Waals surface area contributed by atoms with Gasteiger partial charge in [0, 0.05) is 23.5 Å². The Labute approximate surface area is 142 Å². The Balaban J connectivity index is 1.81. The van der Waals surface area contributed by atoms with Crippen molar-refractivity contribution in [3.63, 3.8) is 0 Å². The number of aliphatic hydroxyl groups is 1. The maximum absolute atomic E-state index is 12.5. The van der Waals surface area contributed by atoms with Crippen LogP contribution in [0.25, 0.3) is 0 Å². The van der Waals surface area contributed by atoms with Gasteiger partial charge in [0.05, 0.1) is 11.6 Å². The van der Waals surface area contributed by atoms with E-state index < -0.39 is 11.6 Å². The standard InChI is InChI=1S/C18H25ClN2O2/c1-12(2)15(20)16(22)21-10-9-18(23,17(11-21)7-8-17)13-3-5-14(19)6-4-13/h3-6,12,15,23H,7-11,20H2,1-2H3/t15?,18-/m1/s1. The Kier molecular flexibility index (Phi) is 4.20. The molecule has 1 heterocycles. The predicted molar refractivity (Wildman–Crippen MR) is 91.0 cm³/mol. The van der Waals surface area contributed by atoms with Crippen molar-refractivity contribution in [1.29, 1.82) is 0 Å². The van der Waals surface area contributed by atoms with Gasteiger partial charge < -0.3 is 15.7 Å². The minimum Gasteiger partial charge on any atom is -0.384 e. The summed E-state index contributed by atoms with van der Waals surface area (Å²) in [4.78, 5) is 14.4. The maximum Gasteiger partial charge on any atom is 0.239 e. The van der Waals surface area contributed by atoms with E-state index in [9.17, 15) is 9.90 Å². The summed E-state index contributed by atoms with van der Waals surface area (Å²) in [7, 11) is 0. The topological polar surface area (TPSA) is 66.6 Å². The van der Waals surface area contributed by atoms with Crippen molar-refractivity contribution in [2.75, 3.05) is 13.1 Å². The third-order valence-electron chi connectivity index (χ3n) is 5.60. The van der Waals surface area contributed by atoms with Crippen molar-refractivity contribution in [1.82, 2.24) is 4.90 Å². The lowest BCUT2D eigenvalue weighted by Gasteiger charge is -2.46. The van der Waals surface area contributed by atoms with E-state index in [2.05, 4.69) is 0 Å². The van der Waals surface area contributed by atoms with Gasteiger partial charge in [-0.3, -0.25) is 4.79 Å². The third kappa shape index (κ3) is 2.77. The number of nitrogens with zero attached hydrogens (tertiary/aromatic N) is 1. The third-order valence-corrected chi connectivity index (χ3v) is 5.86. The number of rotatable bonds is 3. The predicted octanol–water partition coefficient (Wildman–Crippen LogP) is 2.52. The molecule has 1 aromatic carbocycles. The van der Waals surface area contributed by atoms with Gasteiger partial charge in [-0.25, -0.2) is 0 Å². The lowest BCUT2D eigenvalue weighted by molar-refractivity contribution is -0.146. The van der Waals surface area contributed by atoms with Crippen LogP contribution in [-0.2, 0) is 10.4 Å². The highest BCUT2D eigenvalue weighted by Gasteiger charge is 2.62. The Morgan fingerprint density at radius 3 is 2.39 bits per heavy atom. The molecule has 2 fully saturated rings. The van der Waals surface area contributed by atoms with Crippen LogP contribution in [-0.4, -0.2) is 35.0 Å². The van der Waals surface area contributed by atoms with Crippen LogP contribution in [0.1, 0.15) is 38.7 Å². The molecule has 126 valence electrons. The van der Waals surface area contributed by atoms with Crippen molar-refractivity contribution < 1.29 is 9.90 Å². The minimum atomic E-state index is -0.879. The number of hydrogen-bond donors (Lipinski definition) is 2. The van der Waals surface area contributed by atoms with E-state index in [4.69, 9.17) is 17.3 Å². The molecular weight excluding hydrogens is 312 g/mol. The fraction of sp³-hybridized carbons (Fsp3) is 0.611. The number of carbonyl (C=O) groups excluding carboxylic acids is 1. The van der Waals surface area contributed by atoms with Crippen LogP contribution in [0.5, 0.6) is 0 Å². The number of carbonyl (C=O) groups is 1. The first-order chi connectivity index (χ1) is 10.8. The molecule has 4 nitrogen and oxygen atoms in total. The summed E-state index contributed by atoms with van der Waals surface area (Å²) in [5.74, 6) is 0.124. The smallest absolute Gasteiger partial charge is 0.239 e. The summed E-state index contributed by atoms with van der Waals surface area (Å²) in [6.07, 6.45) is 2.42. The van der Waals surface area contributed by atoms with Gasteiger partial charge in [0.15, 0.2) is 0 Å². The molecule has 1 amide bonds. The zero-order valence-electron chi connectivity index (χ0n) is 13.8. The summed E-state index contributed by atoms with van der Waals surface area (Å²) in [6, 6.07) is 6.97. The van der Waals surface area contributed by atoms with Gasteiger partial charge in [-0.05, 0) is 42.9 Å². The molecule has 1 aliphatic heterocycles. The van der Waals surface area contributed by atoms with Gasteiger partial charge in [-0.2, -0.15) is 0 Å². The molecule has 23 heavy (non-hydrogen) atoms. The first-order valence-electron chi connectivity index (χ1n) is 8.32. The van der Waals surface area contributed by atoms with Crippen molar-refractivity contribution in [2.45, 2.75) is 44.8 Å². The van der Waals surface area contributed by atoms with Gasteiger partial charge in [-0.1, -0.05) is 37.6 Å². The number of piperidine rings is 1. The SMILES string of the molecule is CC(C)C(N)C(=O)N1CC[C@@](O)(c2ccc(Cl)cc2)C2(CC2)C1. The number of benzene rings is 1. The number of amides is 1. The Morgan fingerprint density at radius 2 is 1.87 bits per heavy atom. The molecule has 0 aromatic heterocycles. The molecule has 5 heteroatoms. The molecule has 2 atom stereocenters. The van der Waals surface area contributed by atoms with Gasteiger partial charge in [0.2, 0.25) is 5.91 Å². The average molecular weight is 337 g/mol. The van der Waals surface area contributed by atoms with E-state index in [1.807, 2.05) is 43.0 Å². The summed E-state index contributed by atoms with van der Waals surface area (Å²) >= 11 is 5.96. The quantitative estimate of drug-likeness (QED) is 0.891. The molecule has 3 N–H and O–H groups in total. The van der Waals surface area contributed by atoms with Gasteiger partial charge in [0.1, 0.15) is 0 Å². The van der Waals surface area contributed by atoms with Crippen LogP contribution in [0.15, 0.2) is 24.3 Å². The second-order valence-electron chi connectivity index (χ2n) is 7.43. The van der Waals surface area contributed by atoms with Crippen LogP contribution in [0, 0.1) is 11.3 Å². The van der Waals surface area contributed by atoms with Crippen molar-refractivity contribution in [3.8, 4) is 0 Å². The van der Waals surface area contributed by atoms with Crippen LogP contribution in [0.2, 0.25) is 5.02 Å². The summed E-state index contributed by atoms with van der Waals surface area (Å²) in [5, 5.41) is 12.0. The Morgan fingerprint density at radius 1 is 1.26 bits per heavy atom. The molecule has 1 aliphatic carbocycles.